The number of hydrogen-bond donors (Lipinski definition) is 1. The molecule has 8 atom stereocenters. The Balaban J connectivity index is 1.64. The number of ketones is 1. The van der Waals surface area contributed by atoms with Gasteiger partial charge in [0.1, 0.15) is 0 Å². The van der Waals surface area contributed by atoms with Gasteiger partial charge in [-0.05, 0) is 80.5 Å². The van der Waals surface area contributed by atoms with Gasteiger partial charge < -0.3 is 5.11 Å². The molecular weight excluding hydrogens is 279 g/mol. The van der Waals surface area contributed by atoms with Crippen LogP contribution in [0.15, 0.2) is 0 Å². The van der Waals surface area contributed by atoms with Crippen LogP contribution in [0.2, 0.25) is 0 Å². The van der Waals surface area contributed by atoms with Crippen molar-refractivity contribution < 1.29 is 14.3 Å². The summed E-state index contributed by atoms with van der Waals surface area (Å²) in [6.45, 7) is 4.46. The van der Waals surface area contributed by atoms with Crippen LogP contribution in [0.4, 0.5) is 4.39 Å². The Morgan fingerprint density at radius 1 is 1.05 bits per heavy atom. The molecule has 0 aromatic rings. The number of hydrogen-bond acceptors (Lipinski definition) is 2. The van der Waals surface area contributed by atoms with Gasteiger partial charge in [0, 0.05) is 5.41 Å². The lowest BCUT2D eigenvalue weighted by atomic mass is 9.45. The molecule has 0 saturated heterocycles. The standard InChI is InChI=1S/C19H29FO2/c1-18-7-5-12(21)9-11(18)3-4-13-14(18)6-8-19(2)15(13)10-16(20)17(19)22/h11-16,21H,3-10H2,1-2H3/t11-,12+,13-,14+,15+,16+,18+,19+/m1/s1. The molecule has 0 heterocycles. The summed E-state index contributed by atoms with van der Waals surface area (Å²) in [6, 6.07) is 0. The van der Waals surface area contributed by atoms with E-state index in [0.717, 1.165) is 44.9 Å². The third kappa shape index (κ3) is 1.84. The van der Waals surface area contributed by atoms with E-state index in [2.05, 4.69) is 6.92 Å². The van der Waals surface area contributed by atoms with Crippen molar-refractivity contribution in [2.45, 2.75) is 77.5 Å². The molecule has 2 nitrogen and oxygen atoms in total. The zero-order valence-corrected chi connectivity index (χ0v) is 13.9. The van der Waals surface area contributed by atoms with E-state index >= 15 is 0 Å². The topological polar surface area (TPSA) is 37.3 Å². The number of halogens is 1. The summed E-state index contributed by atoms with van der Waals surface area (Å²) in [7, 11) is 0. The van der Waals surface area contributed by atoms with Crippen molar-refractivity contribution in [3.05, 3.63) is 0 Å². The van der Waals surface area contributed by atoms with Gasteiger partial charge in [-0.3, -0.25) is 4.79 Å². The summed E-state index contributed by atoms with van der Waals surface area (Å²) in [6.07, 6.45) is 6.37. The molecule has 4 fully saturated rings. The van der Waals surface area contributed by atoms with E-state index in [4.69, 9.17) is 0 Å². The largest absolute Gasteiger partial charge is 0.393 e. The first kappa shape index (κ1) is 15.1. The molecule has 124 valence electrons. The minimum absolute atomic E-state index is 0.109. The lowest BCUT2D eigenvalue weighted by molar-refractivity contribution is -0.143. The molecule has 4 saturated carbocycles. The van der Waals surface area contributed by atoms with Crippen molar-refractivity contribution in [1.29, 1.82) is 0 Å². The van der Waals surface area contributed by atoms with Crippen LogP contribution >= 0.6 is 0 Å². The fourth-order valence-electron chi connectivity index (χ4n) is 6.98. The van der Waals surface area contributed by atoms with E-state index in [-0.39, 0.29) is 17.8 Å². The number of rotatable bonds is 0. The maximum atomic E-state index is 14.1. The van der Waals surface area contributed by atoms with Gasteiger partial charge in [-0.25, -0.2) is 4.39 Å². The highest BCUT2D eigenvalue weighted by atomic mass is 19.1. The van der Waals surface area contributed by atoms with Crippen molar-refractivity contribution in [2.24, 2.45) is 34.5 Å². The fraction of sp³-hybridized carbons (Fsp3) is 0.947. The number of carbonyl (C=O) groups excluding carboxylic acids is 1. The Labute approximate surface area is 132 Å². The third-order valence-corrected chi connectivity index (χ3v) is 8.34. The quantitative estimate of drug-likeness (QED) is 0.737. The second-order valence-corrected chi connectivity index (χ2v) is 9.11. The van der Waals surface area contributed by atoms with E-state index in [0.29, 0.717) is 29.6 Å². The van der Waals surface area contributed by atoms with Gasteiger partial charge >= 0.3 is 0 Å². The van der Waals surface area contributed by atoms with Gasteiger partial charge in [-0.15, -0.1) is 0 Å². The van der Waals surface area contributed by atoms with Gasteiger partial charge in [-0.2, -0.15) is 0 Å². The predicted molar refractivity (Wildman–Crippen MR) is 83.0 cm³/mol. The zero-order valence-electron chi connectivity index (χ0n) is 13.9. The highest BCUT2D eigenvalue weighted by Crippen LogP contribution is 2.65. The van der Waals surface area contributed by atoms with E-state index < -0.39 is 11.6 Å². The molecule has 4 rings (SSSR count). The molecule has 0 aromatic carbocycles. The summed E-state index contributed by atoms with van der Waals surface area (Å²) in [5.41, 5.74) is -0.0844. The summed E-state index contributed by atoms with van der Waals surface area (Å²) in [5, 5.41) is 10.0. The molecule has 0 bridgehead atoms. The fourth-order valence-corrected chi connectivity index (χ4v) is 6.98. The van der Waals surface area contributed by atoms with Gasteiger partial charge in [0.15, 0.2) is 12.0 Å². The Hall–Kier alpha value is -0.440. The van der Waals surface area contributed by atoms with Crippen molar-refractivity contribution in [2.75, 3.05) is 0 Å². The molecule has 22 heavy (non-hydrogen) atoms. The summed E-state index contributed by atoms with van der Waals surface area (Å²) >= 11 is 0. The van der Waals surface area contributed by atoms with Crippen LogP contribution in [0.5, 0.6) is 0 Å². The van der Waals surface area contributed by atoms with Crippen molar-refractivity contribution in [1.82, 2.24) is 0 Å². The third-order valence-electron chi connectivity index (χ3n) is 8.34. The lowest BCUT2D eigenvalue weighted by Crippen LogP contribution is -2.54. The Kier molecular flexibility index (Phi) is 3.28. The van der Waals surface area contributed by atoms with Gasteiger partial charge in [0.25, 0.3) is 0 Å². The first-order chi connectivity index (χ1) is 10.4. The summed E-state index contributed by atoms with van der Waals surface area (Å²) < 4.78 is 14.1. The number of aliphatic hydroxyl groups excluding tert-OH is 1. The molecule has 0 spiro atoms. The minimum atomic E-state index is -1.22. The number of alkyl halides is 1. The van der Waals surface area contributed by atoms with Gasteiger partial charge in [0.05, 0.1) is 6.10 Å². The minimum Gasteiger partial charge on any atom is -0.393 e. The monoisotopic (exact) mass is 308 g/mol. The Bertz CT molecular complexity index is 492. The normalized spacial score (nSPS) is 57.9. The average molecular weight is 308 g/mol. The van der Waals surface area contributed by atoms with E-state index in [1.165, 1.54) is 0 Å². The number of fused-ring (bicyclic) bond motifs is 5. The molecule has 4 aliphatic carbocycles. The molecule has 0 aromatic heterocycles. The van der Waals surface area contributed by atoms with Crippen molar-refractivity contribution in [3.8, 4) is 0 Å². The first-order valence-corrected chi connectivity index (χ1v) is 9.23. The van der Waals surface area contributed by atoms with Crippen LogP contribution in [-0.4, -0.2) is 23.2 Å². The van der Waals surface area contributed by atoms with Gasteiger partial charge in [-0.1, -0.05) is 13.8 Å². The van der Waals surface area contributed by atoms with Crippen LogP contribution in [0.3, 0.4) is 0 Å². The van der Waals surface area contributed by atoms with E-state index in [1.54, 1.807) is 0 Å². The Morgan fingerprint density at radius 3 is 2.59 bits per heavy atom. The first-order valence-electron chi connectivity index (χ1n) is 9.23. The molecular formula is C19H29FO2. The van der Waals surface area contributed by atoms with Crippen LogP contribution in [0, 0.1) is 34.5 Å². The SMILES string of the molecule is C[C@]12CC[C@H](O)C[C@H]1CC[C@@H]1[C@@H]2CC[C@]2(C)C(=O)[C@@H](F)C[C@@H]12. The maximum absolute atomic E-state index is 14.1. The highest BCUT2D eigenvalue weighted by Gasteiger charge is 2.62. The van der Waals surface area contributed by atoms with Crippen LogP contribution < -0.4 is 0 Å². The van der Waals surface area contributed by atoms with Crippen LogP contribution in [0.1, 0.15) is 65.2 Å². The maximum Gasteiger partial charge on any atom is 0.173 e. The summed E-state index contributed by atoms with van der Waals surface area (Å²) in [5.74, 6) is 1.94. The van der Waals surface area contributed by atoms with Crippen molar-refractivity contribution >= 4 is 5.78 Å². The van der Waals surface area contributed by atoms with Crippen LogP contribution in [-0.2, 0) is 4.79 Å². The molecule has 0 radical (unpaired) electrons. The van der Waals surface area contributed by atoms with E-state index in [1.807, 2.05) is 6.92 Å². The molecule has 3 heteroatoms. The van der Waals surface area contributed by atoms with E-state index in [9.17, 15) is 14.3 Å². The summed E-state index contributed by atoms with van der Waals surface area (Å²) in [4.78, 5) is 12.3. The molecule has 0 aliphatic heterocycles. The highest BCUT2D eigenvalue weighted by molar-refractivity contribution is 5.91. The number of carbonyl (C=O) groups is 1. The lowest BCUT2D eigenvalue weighted by Gasteiger charge is -2.59. The second-order valence-electron chi connectivity index (χ2n) is 9.11. The Morgan fingerprint density at radius 2 is 1.82 bits per heavy atom. The smallest absolute Gasteiger partial charge is 0.173 e. The second kappa shape index (κ2) is 4.78. The van der Waals surface area contributed by atoms with Gasteiger partial charge in [0.2, 0.25) is 0 Å². The molecule has 0 amide bonds. The number of aliphatic hydroxyl groups is 1. The predicted octanol–water partition coefficient (Wildman–Crippen LogP) is 3.91. The number of Topliss-reactive ketones (excluding diaryl/α,β-unsaturated/α-hetero) is 1. The molecule has 4 aliphatic rings. The average Bonchev–Trinajstić information content (AvgIpc) is 2.72. The molecule has 1 N–H and O–H groups in total. The van der Waals surface area contributed by atoms with Crippen molar-refractivity contribution in [3.63, 3.8) is 0 Å². The van der Waals surface area contributed by atoms with Crippen LogP contribution in [0.25, 0.3) is 0 Å². The zero-order chi connectivity index (χ0) is 15.7. The molecule has 0 unspecified atom stereocenters.